The number of hydrogen-bond acceptors (Lipinski definition) is 3. The third-order valence-electron chi connectivity index (χ3n) is 2.42. The SMILES string of the molecule is C=C(Br)COc1ccc(S(=O)(=O)Cl)cc1C(C)(C)C. The standard InChI is InChI=1S/C13H16BrClO3S/c1-9(14)8-18-12-6-5-10(19(15,16)17)7-11(12)13(2,3)4/h5-7H,1,8H2,2-4H3. The first-order valence-electron chi connectivity index (χ1n) is 5.57. The summed E-state index contributed by atoms with van der Waals surface area (Å²) in [6, 6.07) is 4.60. The zero-order valence-corrected chi connectivity index (χ0v) is 14.2. The third kappa shape index (κ3) is 4.82. The molecule has 1 aromatic carbocycles. The molecule has 1 rings (SSSR count). The molecule has 0 saturated carbocycles. The minimum atomic E-state index is -3.74. The fourth-order valence-electron chi connectivity index (χ4n) is 1.53. The molecule has 0 bridgehead atoms. The zero-order chi connectivity index (χ0) is 14.8. The molecule has 0 fully saturated rings. The molecule has 0 aliphatic carbocycles. The maximum atomic E-state index is 11.4. The summed E-state index contributed by atoms with van der Waals surface area (Å²) in [6.45, 7) is 9.93. The van der Waals surface area contributed by atoms with Gasteiger partial charge in [-0.2, -0.15) is 0 Å². The highest BCUT2D eigenvalue weighted by atomic mass is 79.9. The van der Waals surface area contributed by atoms with E-state index in [9.17, 15) is 8.42 Å². The minimum absolute atomic E-state index is 0.0733. The Morgan fingerprint density at radius 1 is 1.42 bits per heavy atom. The predicted molar refractivity (Wildman–Crippen MR) is 81.7 cm³/mol. The van der Waals surface area contributed by atoms with E-state index in [4.69, 9.17) is 15.4 Å². The Hall–Kier alpha value is -0.520. The van der Waals surface area contributed by atoms with Gasteiger partial charge in [-0.15, -0.1) is 0 Å². The van der Waals surface area contributed by atoms with Crippen LogP contribution in [0.3, 0.4) is 0 Å². The highest BCUT2D eigenvalue weighted by molar-refractivity contribution is 9.11. The molecule has 0 heterocycles. The Labute approximate surface area is 127 Å². The van der Waals surface area contributed by atoms with E-state index in [1.54, 1.807) is 12.1 Å². The summed E-state index contributed by atoms with van der Waals surface area (Å²) in [6.07, 6.45) is 0. The fourth-order valence-corrected chi connectivity index (χ4v) is 2.42. The molecule has 0 saturated heterocycles. The minimum Gasteiger partial charge on any atom is -0.488 e. The van der Waals surface area contributed by atoms with Crippen LogP contribution in [-0.4, -0.2) is 15.0 Å². The van der Waals surface area contributed by atoms with E-state index < -0.39 is 9.05 Å². The smallest absolute Gasteiger partial charge is 0.261 e. The van der Waals surface area contributed by atoms with Crippen molar-refractivity contribution in [3.05, 3.63) is 34.8 Å². The Balaban J connectivity index is 3.29. The lowest BCUT2D eigenvalue weighted by Crippen LogP contribution is -2.14. The number of rotatable bonds is 4. The molecule has 6 heteroatoms. The molecule has 19 heavy (non-hydrogen) atoms. The van der Waals surface area contributed by atoms with Gasteiger partial charge in [0.2, 0.25) is 0 Å². The first kappa shape index (κ1) is 16.5. The Kier molecular flexibility index (Phi) is 5.09. The van der Waals surface area contributed by atoms with Crippen LogP contribution in [0.4, 0.5) is 0 Å². The van der Waals surface area contributed by atoms with Crippen LogP contribution in [0.5, 0.6) is 5.75 Å². The summed E-state index contributed by atoms with van der Waals surface area (Å²) in [5.41, 5.74) is 0.517. The lowest BCUT2D eigenvalue weighted by atomic mass is 9.86. The predicted octanol–water partition coefficient (Wildman–Crippen LogP) is 4.20. The van der Waals surface area contributed by atoms with Crippen LogP contribution in [0.15, 0.2) is 34.2 Å². The quantitative estimate of drug-likeness (QED) is 0.749. The van der Waals surface area contributed by atoms with Crippen molar-refractivity contribution in [2.45, 2.75) is 31.1 Å². The van der Waals surface area contributed by atoms with Gasteiger partial charge in [0.1, 0.15) is 12.4 Å². The topological polar surface area (TPSA) is 43.4 Å². The van der Waals surface area contributed by atoms with Crippen LogP contribution in [0.25, 0.3) is 0 Å². The number of benzene rings is 1. The summed E-state index contributed by atoms with van der Waals surface area (Å²) >= 11 is 3.22. The van der Waals surface area contributed by atoms with Crippen molar-refractivity contribution in [2.75, 3.05) is 6.61 Å². The first-order chi connectivity index (χ1) is 8.51. The average Bonchev–Trinajstić information content (AvgIpc) is 2.23. The fraction of sp³-hybridized carbons (Fsp3) is 0.385. The average molecular weight is 368 g/mol. The van der Waals surface area contributed by atoms with E-state index in [1.165, 1.54) is 6.07 Å². The zero-order valence-electron chi connectivity index (χ0n) is 11.0. The van der Waals surface area contributed by atoms with E-state index >= 15 is 0 Å². The second-order valence-corrected chi connectivity index (χ2v) is 8.84. The van der Waals surface area contributed by atoms with Crippen molar-refractivity contribution in [2.24, 2.45) is 0 Å². The van der Waals surface area contributed by atoms with E-state index in [0.717, 1.165) is 5.56 Å². The number of halogens is 2. The molecular formula is C13H16BrClO3S. The van der Waals surface area contributed by atoms with Crippen LogP contribution in [0.1, 0.15) is 26.3 Å². The second-order valence-electron chi connectivity index (χ2n) is 5.15. The van der Waals surface area contributed by atoms with Gasteiger partial charge in [0.25, 0.3) is 9.05 Å². The Bertz CT molecular complexity index is 588. The Morgan fingerprint density at radius 3 is 2.42 bits per heavy atom. The third-order valence-corrected chi connectivity index (χ3v) is 4.01. The maximum Gasteiger partial charge on any atom is 0.261 e. The number of hydrogen-bond donors (Lipinski definition) is 0. The van der Waals surface area contributed by atoms with Crippen LogP contribution in [-0.2, 0) is 14.5 Å². The molecule has 106 valence electrons. The molecule has 0 aromatic heterocycles. The molecule has 0 aliphatic rings. The molecule has 0 spiro atoms. The molecular weight excluding hydrogens is 352 g/mol. The maximum absolute atomic E-state index is 11.4. The summed E-state index contributed by atoms with van der Waals surface area (Å²) in [4.78, 5) is 0.0733. The monoisotopic (exact) mass is 366 g/mol. The van der Waals surface area contributed by atoms with E-state index in [-0.39, 0.29) is 10.3 Å². The Morgan fingerprint density at radius 2 is 2.00 bits per heavy atom. The molecule has 0 aliphatic heterocycles. The van der Waals surface area contributed by atoms with Gasteiger partial charge in [-0.05, 0) is 23.6 Å². The van der Waals surface area contributed by atoms with Gasteiger partial charge in [-0.25, -0.2) is 8.42 Å². The summed E-state index contributed by atoms with van der Waals surface area (Å²) in [5.74, 6) is 0.622. The highest BCUT2D eigenvalue weighted by Crippen LogP contribution is 2.34. The largest absolute Gasteiger partial charge is 0.488 e. The van der Waals surface area contributed by atoms with Crippen molar-refractivity contribution in [1.82, 2.24) is 0 Å². The molecule has 0 radical (unpaired) electrons. The van der Waals surface area contributed by atoms with Crippen LogP contribution in [0, 0.1) is 0 Å². The van der Waals surface area contributed by atoms with Crippen LogP contribution in [0.2, 0.25) is 0 Å². The molecule has 0 N–H and O–H groups in total. The molecule has 0 atom stereocenters. The second kappa shape index (κ2) is 5.85. The van der Waals surface area contributed by atoms with Gasteiger partial charge in [0.05, 0.1) is 4.90 Å². The summed E-state index contributed by atoms with van der Waals surface area (Å²) in [7, 11) is 1.63. The molecule has 0 amide bonds. The van der Waals surface area contributed by atoms with Gasteiger partial charge in [-0.1, -0.05) is 43.3 Å². The van der Waals surface area contributed by atoms with Gasteiger partial charge in [0.15, 0.2) is 0 Å². The van der Waals surface area contributed by atoms with Gasteiger partial charge >= 0.3 is 0 Å². The normalized spacial score (nSPS) is 12.3. The van der Waals surface area contributed by atoms with Crippen molar-refractivity contribution < 1.29 is 13.2 Å². The van der Waals surface area contributed by atoms with Crippen molar-refractivity contribution in [3.8, 4) is 5.75 Å². The highest BCUT2D eigenvalue weighted by Gasteiger charge is 2.22. The van der Waals surface area contributed by atoms with Crippen LogP contribution < -0.4 is 4.74 Å². The summed E-state index contributed by atoms with van der Waals surface area (Å²) < 4.78 is 29.1. The lowest BCUT2D eigenvalue weighted by Gasteiger charge is -2.23. The van der Waals surface area contributed by atoms with E-state index in [2.05, 4.69) is 22.5 Å². The van der Waals surface area contributed by atoms with E-state index in [1.807, 2.05) is 20.8 Å². The summed E-state index contributed by atoms with van der Waals surface area (Å²) in [5, 5.41) is 0. The molecule has 3 nitrogen and oxygen atoms in total. The molecule has 1 aromatic rings. The van der Waals surface area contributed by atoms with Gasteiger partial charge in [-0.3, -0.25) is 0 Å². The first-order valence-corrected chi connectivity index (χ1v) is 8.67. The van der Waals surface area contributed by atoms with Crippen LogP contribution >= 0.6 is 26.6 Å². The van der Waals surface area contributed by atoms with Crippen molar-refractivity contribution in [3.63, 3.8) is 0 Å². The lowest BCUT2D eigenvalue weighted by molar-refractivity contribution is 0.348. The van der Waals surface area contributed by atoms with Gasteiger partial charge in [0, 0.05) is 20.7 Å². The van der Waals surface area contributed by atoms with Crippen molar-refractivity contribution >= 4 is 35.7 Å². The number of ether oxygens (including phenoxy) is 1. The van der Waals surface area contributed by atoms with Crippen molar-refractivity contribution in [1.29, 1.82) is 0 Å². The van der Waals surface area contributed by atoms with Gasteiger partial charge < -0.3 is 4.74 Å². The van der Waals surface area contributed by atoms with E-state index in [0.29, 0.717) is 16.8 Å². The molecule has 0 unspecified atom stereocenters.